The van der Waals surface area contributed by atoms with Crippen molar-refractivity contribution >= 4 is 21.8 Å². The van der Waals surface area contributed by atoms with Crippen LogP contribution in [0.1, 0.15) is 35.6 Å². The molecule has 2 nitrogen and oxygen atoms in total. The second kappa shape index (κ2) is 5.41. The molecule has 2 aromatic carbocycles. The van der Waals surface area contributed by atoms with Crippen molar-refractivity contribution in [1.29, 1.82) is 0 Å². The first kappa shape index (κ1) is 13.4. The van der Waals surface area contributed by atoms with E-state index in [1.165, 1.54) is 11.1 Å². The molecule has 0 heterocycles. The van der Waals surface area contributed by atoms with E-state index in [4.69, 9.17) is 0 Å². The molecule has 0 aliphatic heterocycles. The molecule has 1 aliphatic rings. The van der Waals surface area contributed by atoms with Crippen LogP contribution in [-0.2, 0) is 11.2 Å². The Balaban J connectivity index is 1.69. The minimum Gasteiger partial charge on any atom is -0.349 e. The van der Waals surface area contributed by atoms with E-state index in [1.807, 2.05) is 49.4 Å². The van der Waals surface area contributed by atoms with Crippen molar-refractivity contribution in [3.8, 4) is 0 Å². The summed E-state index contributed by atoms with van der Waals surface area (Å²) in [6, 6.07) is 16.2. The molecule has 0 radical (unpaired) electrons. The van der Waals surface area contributed by atoms with E-state index in [1.54, 1.807) is 0 Å². The standard InChI is InChI=1S/C17H16BrNO/c1-11(12-6-4-7-14(18)9-12)19-17(20)16-10-13-5-2-3-8-15(13)16/h2-9,11,16H,10H2,1H3,(H,19,20). The minimum absolute atomic E-state index is 0.0146. The van der Waals surface area contributed by atoms with Crippen LogP contribution in [0.2, 0.25) is 0 Å². The smallest absolute Gasteiger partial charge is 0.228 e. The van der Waals surface area contributed by atoms with Crippen molar-refractivity contribution < 1.29 is 4.79 Å². The first-order valence-electron chi connectivity index (χ1n) is 6.79. The van der Waals surface area contributed by atoms with Gasteiger partial charge in [0.1, 0.15) is 0 Å². The summed E-state index contributed by atoms with van der Waals surface area (Å²) in [5.41, 5.74) is 3.58. The highest BCUT2D eigenvalue weighted by molar-refractivity contribution is 9.10. The van der Waals surface area contributed by atoms with Crippen molar-refractivity contribution in [2.24, 2.45) is 0 Å². The average molecular weight is 330 g/mol. The van der Waals surface area contributed by atoms with Crippen LogP contribution in [0.15, 0.2) is 53.0 Å². The first-order valence-corrected chi connectivity index (χ1v) is 7.58. The Bertz CT molecular complexity index is 653. The number of amides is 1. The average Bonchev–Trinajstić information content (AvgIpc) is 2.40. The summed E-state index contributed by atoms with van der Waals surface area (Å²) in [6.45, 7) is 2.02. The number of rotatable bonds is 3. The van der Waals surface area contributed by atoms with E-state index in [0.29, 0.717) is 0 Å². The van der Waals surface area contributed by atoms with Gasteiger partial charge in [-0.05, 0) is 42.2 Å². The second-order valence-electron chi connectivity index (χ2n) is 5.24. The fourth-order valence-corrected chi connectivity index (χ4v) is 3.08. The quantitative estimate of drug-likeness (QED) is 0.907. The lowest BCUT2D eigenvalue weighted by molar-refractivity contribution is -0.123. The van der Waals surface area contributed by atoms with Gasteiger partial charge in [0, 0.05) is 4.47 Å². The van der Waals surface area contributed by atoms with Crippen molar-refractivity contribution in [3.63, 3.8) is 0 Å². The molecule has 0 fully saturated rings. The Morgan fingerprint density at radius 2 is 2.05 bits per heavy atom. The van der Waals surface area contributed by atoms with Crippen LogP contribution < -0.4 is 5.32 Å². The molecule has 0 saturated carbocycles. The highest BCUT2D eigenvalue weighted by Crippen LogP contribution is 2.35. The van der Waals surface area contributed by atoms with Gasteiger partial charge in [0.05, 0.1) is 12.0 Å². The van der Waals surface area contributed by atoms with Gasteiger partial charge < -0.3 is 5.32 Å². The number of hydrogen-bond acceptors (Lipinski definition) is 1. The lowest BCUT2D eigenvalue weighted by atomic mass is 9.77. The summed E-state index contributed by atoms with van der Waals surface area (Å²) in [4.78, 5) is 12.3. The molecular formula is C17H16BrNO. The van der Waals surface area contributed by atoms with Gasteiger partial charge in [-0.15, -0.1) is 0 Å². The number of halogens is 1. The SMILES string of the molecule is CC(NC(=O)C1Cc2ccccc21)c1cccc(Br)c1. The summed E-state index contributed by atoms with van der Waals surface area (Å²) in [5, 5.41) is 3.11. The van der Waals surface area contributed by atoms with Gasteiger partial charge in [-0.25, -0.2) is 0 Å². The predicted molar refractivity (Wildman–Crippen MR) is 83.6 cm³/mol. The third-order valence-electron chi connectivity index (χ3n) is 3.88. The Morgan fingerprint density at radius 3 is 2.80 bits per heavy atom. The third-order valence-corrected chi connectivity index (χ3v) is 4.37. The van der Waals surface area contributed by atoms with Gasteiger partial charge in [0.15, 0.2) is 0 Å². The summed E-state index contributed by atoms with van der Waals surface area (Å²) in [7, 11) is 0. The molecule has 1 N–H and O–H groups in total. The highest BCUT2D eigenvalue weighted by atomic mass is 79.9. The summed E-state index contributed by atoms with van der Waals surface area (Å²) >= 11 is 3.46. The van der Waals surface area contributed by atoms with Crippen molar-refractivity contribution in [2.45, 2.75) is 25.3 Å². The Kier molecular flexibility index (Phi) is 3.62. The number of nitrogens with one attached hydrogen (secondary N) is 1. The van der Waals surface area contributed by atoms with Crippen molar-refractivity contribution in [1.82, 2.24) is 5.32 Å². The molecule has 1 amide bonds. The summed E-state index contributed by atoms with van der Waals surface area (Å²) in [6.07, 6.45) is 0.854. The van der Waals surface area contributed by atoms with Crippen LogP contribution in [0.5, 0.6) is 0 Å². The normalized spacial score (nSPS) is 17.8. The molecule has 0 saturated heterocycles. The fraction of sp³-hybridized carbons (Fsp3) is 0.235. The second-order valence-corrected chi connectivity index (χ2v) is 6.16. The minimum atomic E-state index is 0.0146. The number of carbonyl (C=O) groups is 1. The van der Waals surface area contributed by atoms with Crippen LogP contribution in [0.4, 0.5) is 0 Å². The third kappa shape index (κ3) is 2.50. The molecule has 2 aromatic rings. The van der Waals surface area contributed by atoms with E-state index in [9.17, 15) is 4.79 Å². The van der Waals surface area contributed by atoms with Crippen molar-refractivity contribution in [2.75, 3.05) is 0 Å². The topological polar surface area (TPSA) is 29.1 Å². The molecule has 3 heteroatoms. The van der Waals surface area contributed by atoms with Crippen LogP contribution in [0.25, 0.3) is 0 Å². The molecule has 0 bridgehead atoms. The maximum Gasteiger partial charge on any atom is 0.228 e. The summed E-state index contributed by atoms with van der Waals surface area (Å²) < 4.78 is 1.03. The molecule has 1 aliphatic carbocycles. The Hall–Kier alpha value is -1.61. The first-order chi connectivity index (χ1) is 9.65. The van der Waals surface area contributed by atoms with Gasteiger partial charge in [-0.2, -0.15) is 0 Å². The molecule has 2 atom stereocenters. The van der Waals surface area contributed by atoms with Gasteiger partial charge in [-0.3, -0.25) is 4.79 Å². The predicted octanol–water partition coefficient (Wildman–Crippen LogP) is 3.97. The molecule has 3 rings (SSSR count). The zero-order valence-corrected chi connectivity index (χ0v) is 12.9. The monoisotopic (exact) mass is 329 g/mol. The van der Waals surface area contributed by atoms with Gasteiger partial charge in [0.25, 0.3) is 0 Å². The zero-order chi connectivity index (χ0) is 14.1. The summed E-state index contributed by atoms with van der Waals surface area (Å²) in [5.74, 6) is 0.136. The Morgan fingerprint density at radius 1 is 1.25 bits per heavy atom. The van der Waals surface area contributed by atoms with E-state index in [2.05, 4.69) is 27.3 Å². The number of carbonyl (C=O) groups excluding carboxylic acids is 1. The van der Waals surface area contributed by atoms with Gasteiger partial charge >= 0.3 is 0 Å². The highest BCUT2D eigenvalue weighted by Gasteiger charge is 2.32. The zero-order valence-electron chi connectivity index (χ0n) is 11.3. The van der Waals surface area contributed by atoms with Crippen LogP contribution in [0, 0.1) is 0 Å². The number of benzene rings is 2. The molecule has 102 valence electrons. The van der Waals surface area contributed by atoms with E-state index in [0.717, 1.165) is 16.5 Å². The van der Waals surface area contributed by atoms with E-state index in [-0.39, 0.29) is 17.9 Å². The Labute approximate surface area is 127 Å². The van der Waals surface area contributed by atoms with Gasteiger partial charge in [-0.1, -0.05) is 52.3 Å². The van der Waals surface area contributed by atoms with Crippen LogP contribution in [0.3, 0.4) is 0 Å². The van der Waals surface area contributed by atoms with E-state index < -0.39 is 0 Å². The van der Waals surface area contributed by atoms with Crippen molar-refractivity contribution in [3.05, 3.63) is 69.7 Å². The fourth-order valence-electron chi connectivity index (χ4n) is 2.67. The molecule has 2 unspecified atom stereocenters. The molecule has 20 heavy (non-hydrogen) atoms. The molecule has 0 spiro atoms. The molecular weight excluding hydrogens is 314 g/mol. The maximum absolute atomic E-state index is 12.3. The largest absolute Gasteiger partial charge is 0.349 e. The number of fused-ring (bicyclic) bond motifs is 1. The van der Waals surface area contributed by atoms with Crippen LogP contribution >= 0.6 is 15.9 Å². The van der Waals surface area contributed by atoms with Gasteiger partial charge in [0.2, 0.25) is 5.91 Å². The lowest BCUT2D eigenvalue weighted by Gasteiger charge is -2.30. The molecule has 0 aromatic heterocycles. The lowest BCUT2D eigenvalue weighted by Crippen LogP contribution is -2.36. The maximum atomic E-state index is 12.3. The van der Waals surface area contributed by atoms with E-state index >= 15 is 0 Å². The number of hydrogen-bond donors (Lipinski definition) is 1. The van der Waals surface area contributed by atoms with Crippen LogP contribution in [-0.4, -0.2) is 5.91 Å².